The first-order chi connectivity index (χ1) is 7.74. The molecule has 2 aromatic carbocycles. The summed E-state index contributed by atoms with van der Waals surface area (Å²) in [5.41, 5.74) is 2.41. The fourth-order valence-corrected chi connectivity index (χ4v) is 2.42. The lowest BCUT2D eigenvalue weighted by atomic mass is 9.97. The fraction of sp³-hybridized carbons (Fsp3) is 0.0769. The van der Waals surface area contributed by atoms with Crippen LogP contribution in [0.4, 0.5) is 4.39 Å². The summed E-state index contributed by atoms with van der Waals surface area (Å²) in [6.07, 6.45) is 0. The number of hydrogen-bond donors (Lipinski definition) is 0. The van der Waals surface area contributed by atoms with Crippen molar-refractivity contribution in [2.75, 3.05) is 0 Å². The molecule has 0 bridgehead atoms. The predicted octanol–water partition coefficient (Wildman–Crippen LogP) is 2.38. The van der Waals surface area contributed by atoms with Crippen molar-refractivity contribution in [3.8, 4) is 0 Å². The van der Waals surface area contributed by atoms with Crippen LogP contribution in [0.15, 0.2) is 53.4 Å². The second-order valence-corrected chi connectivity index (χ2v) is 4.78. The molecule has 0 saturated carbocycles. The van der Waals surface area contributed by atoms with Crippen LogP contribution in [0.25, 0.3) is 0 Å². The molecule has 0 heterocycles. The van der Waals surface area contributed by atoms with Gasteiger partial charge in [-0.25, -0.2) is 4.39 Å². The SMILES string of the molecule is Bc1cccc(SCc2ccc(F)cc2)c1. The van der Waals surface area contributed by atoms with Gasteiger partial charge in [0.15, 0.2) is 0 Å². The Labute approximate surface area is 100 Å². The van der Waals surface area contributed by atoms with Crippen molar-refractivity contribution in [2.24, 2.45) is 0 Å². The summed E-state index contributed by atoms with van der Waals surface area (Å²) in [5, 5.41) is 0. The first-order valence-corrected chi connectivity index (χ1v) is 6.16. The molecule has 0 unspecified atom stereocenters. The third-order valence-corrected chi connectivity index (χ3v) is 3.37. The second kappa shape index (κ2) is 5.22. The maximum atomic E-state index is 12.7. The van der Waals surface area contributed by atoms with E-state index in [-0.39, 0.29) is 5.82 Å². The second-order valence-electron chi connectivity index (χ2n) is 3.73. The van der Waals surface area contributed by atoms with Crippen molar-refractivity contribution in [1.82, 2.24) is 0 Å². The van der Waals surface area contributed by atoms with E-state index in [0.717, 1.165) is 11.3 Å². The Morgan fingerprint density at radius 2 is 1.81 bits per heavy atom. The fourth-order valence-electron chi connectivity index (χ4n) is 1.45. The molecule has 3 heteroatoms. The highest BCUT2D eigenvalue weighted by Gasteiger charge is 1.97. The summed E-state index contributed by atoms with van der Waals surface area (Å²) in [6, 6.07) is 15.1. The minimum atomic E-state index is -0.177. The third kappa shape index (κ3) is 3.14. The molecule has 0 fully saturated rings. The molecule has 0 nitrogen and oxygen atoms in total. The van der Waals surface area contributed by atoms with Crippen LogP contribution in [0.3, 0.4) is 0 Å². The van der Waals surface area contributed by atoms with Gasteiger partial charge in [-0.3, -0.25) is 0 Å². The number of thioether (sulfide) groups is 1. The summed E-state index contributed by atoms with van der Waals surface area (Å²) in [7, 11) is 2.09. The van der Waals surface area contributed by atoms with Crippen molar-refractivity contribution in [2.45, 2.75) is 10.6 Å². The van der Waals surface area contributed by atoms with Crippen LogP contribution in [0, 0.1) is 5.82 Å². The normalized spacial score (nSPS) is 10.3. The Hall–Kier alpha value is -1.22. The zero-order chi connectivity index (χ0) is 11.4. The molecule has 0 aliphatic heterocycles. The lowest BCUT2D eigenvalue weighted by Gasteiger charge is -2.03. The largest absolute Gasteiger partial charge is 0.207 e. The van der Waals surface area contributed by atoms with E-state index < -0.39 is 0 Å². The average molecular weight is 230 g/mol. The molecule has 2 rings (SSSR count). The molecular formula is C13H12BFS. The van der Waals surface area contributed by atoms with Crippen molar-refractivity contribution in [1.29, 1.82) is 0 Å². The van der Waals surface area contributed by atoms with Gasteiger partial charge in [0.05, 0.1) is 0 Å². The van der Waals surface area contributed by atoms with Crippen LogP contribution < -0.4 is 5.46 Å². The molecule has 2 aromatic rings. The highest BCUT2D eigenvalue weighted by molar-refractivity contribution is 7.98. The molecule has 0 aliphatic rings. The van der Waals surface area contributed by atoms with Gasteiger partial charge in [-0.1, -0.05) is 35.8 Å². The molecule has 16 heavy (non-hydrogen) atoms. The van der Waals surface area contributed by atoms with E-state index in [1.165, 1.54) is 22.5 Å². The Morgan fingerprint density at radius 3 is 2.50 bits per heavy atom. The smallest absolute Gasteiger partial charge is 0.139 e. The molecule has 0 aromatic heterocycles. The summed E-state index contributed by atoms with van der Waals surface area (Å²) in [4.78, 5) is 1.25. The van der Waals surface area contributed by atoms with Crippen molar-refractivity contribution < 1.29 is 4.39 Å². The predicted molar refractivity (Wildman–Crippen MR) is 70.6 cm³/mol. The molecule has 0 saturated heterocycles. The standard InChI is InChI=1S/C13H12BFS/c14-11-2-1-3-13(8-11)16-9-10-4-6-12(15)7-5-10/h1-8H,9,14H2. The van der Waals surface area contributed by atoms with Gasteiger partial charge in [0, 0.05) is 10.6 Å². The van der Waals surface area contributed by atoms with E-state index in [1.807, 2.05) is 12.1 Å². The zero-order valence-electron chi connectivity index (χ0n) is 9.11. The van der Waals surface area contributed by atoms with E-state index in [9.17, 15) is 4.39 Å². The molecule has 0 atom stereocenters. The minimum Gasteiger partial charge on any atom is -0.207 e. The molecule has 0 N–H and O–H groups in total. The molecule has 80 valence electrons. The van der Waals surface area contributed by atoms with E-state index in [0.29, 0.717) is 0 Å². The summed E-state index contributed by atoms with van der Waals surface area (Å²) in [5.74, 6) is 0.702. The Kier molecular flexibility index (Phi) is 3.68. The monoisotopic (exact) mass is 230 g/mol. The first-order valence-electron chi connectivity index (χ1n) is 5.18. The van der Waals surface area contributed by atoms with Crippen LogP contribution in [-0.2, 0) is 5.75 Å². The molecule has 0 aliphatic carbocycles. The quantitative estimate of drug-likeness (QED) is 0.576. The number of benzene rings is 2. The summed E-state index contributed by atoms with van der Waals surface area (Å²) < 4.78 is 12.7. The molecule has 0 amide bonds. The molecular weight excluding hydrogens is 218 g/mol. The van der Waals surface area contributed by atoms with Gasteiger partial charge in [0.25, 0.3) is 0 Å². The lowest BCUT2D eigenvalue weighted by molar-refractivity contribution is 0.627. The van der Waals surface area contributed by atoms with Gasteiger partial charge in [-0.2, -0.15) is 0 Å². The van der Waals surface area contributed by atoms with Gasteiger partial charge in [0.2, 0.25) is 0 Å². The van der Waals surface area contributed by atoms with E-state index in [2.05, 4.69) is 32.1 Å². The first kappa shape index (κ1) is 11.3. The van der Waals surface area contributed by atoms with Crippen LogP contribution in [0.1, 0.15) is 5.56 Å². The van der Waals surface area contributed by atoms with Crippen molar-refractivity contribution in [3.05, 3.63) is 59.9 Å². The van der Waals surface area contributed by atoms with Crippen LogP contribution in [0.5, 0.6) is 0 Å². The van der Waals surface area contributed by atoms with Gasteiger partial charge >= 0.3 is 0 Å². The van der Waals surface area contributed by atoms with Crippen LogP contribution >= 0.6 is 11.8 Å². The van der Waals surface area contributed by atoms with Gasteiger partial charge in [-0.05, 0) is 23.8 Å². The van der Waals surface area contributed by atoms with Crippen molar-refractivity contribution in [3.63, 3.8) is 0 Å². The number of rotatable bonds is 3. The Bertz CT molecular complexity index is 468. The van der Waals surface area contributed by atoms with E-state index >= 15 is 0 Å². The highest BCUT2D eigenvalue weighted by Crippen LogP contribution is 2.21. The van der Waals surface area contributed by atoms with Crippen molar-refractivity contribution >= 4 is 25.1 Å². The zero-order valence-corrected chi connectivity index (χ0v) is 9.93. The average Bonchev–Trinajstić information content (AvgIpc) is 2.28. The lowest BCUT2D eigenvalue weighted by Crippen LogP contribution is -1.99. The van der Waals surface area contributed by atoms with E-state index in [1.54, 1.807) is 11.8 Å². The topological polar surface area (TPSA) is 0 Å². The van der Waals surface area contributed by atoms with Gasteiger partial charge in [-0.15, -0.1) is 11.8 Å². The third-order valence-electron chi connectivity index (χ3n) is 2.31. The summed E-state index contributed by atoms with van der Waals surface area (Å²) >= 11 is 1.77. The minimum absolute atomic E-state index is 0.177. The molecule has 0 radical (unpaired) electrons. The summed E-state index contributed by atoms with van der Waals surface area (Å²) in [6.45, 7) is 0. The van der Waals surface area contributed by atoms with Crippen LogP contribution in [-0.4, -0.2) is 7.85 Å². The number of hydrogen-bond acceptors (Lipinski definition) is 1. The maximum Gasteiger partial charge on any atom is 0.139 e. The van der Waals surface area contributed by atoms with Crippen LogP contribution in [0.2, 0.25) is 0 Å². The Balaban J connectivity index is 1.99. The highest BCUT2D eigenvalue weighted by atomic mass is 32.2. The molecule has 0 spiro atoms. The number of halogens is 1. The Morgan fingerprint density at radius 1 is 1.06 bits per heavy atom. The maximum absolute atomic E-state index is 12.7. The van der Waals surface area contributed by atoms with Gasteiger partial charge < -0.3 is 0 Å². The van der Waals surface area contributed by atoms with E-state index in [4.69, 9.17) is 0 Å². The van der Waals surface area contributed by atoms with Gasteiger partial charge in [0.1, 0.15) is 13.7 Å².